The van der Waals surface area contributed by atoms with E-state index in [-0.39, 0.29) is 0 Å². The molecule has 0 saturated carbocycles. The van der Waals surface area contributed by atoms with Crippen molar-refractivity contribution in [1.29, 1.82) is 0 Å². The highest BCUT2D eigenvalue weighted by Gasteiger charge is 2.21. The van der Waals surface area contributed by atoms with Gasteiger partial charge in [0, 0.05) is 49.1 Å². The van der Waals surface area contributed by atoms with Crippen LogP contribution in [0.1, 0.15) is 0 Å². The summed E-state index contributed by atoms with van der Waals surface area (Å²) in [6.07, 6.45) is 0. The van der Waals surface area contributed by atoms with Crippen molar-refractivity contribution in [2.24, 2.45) is 0 Å². The Bertz CT molecular complexity index is 4630. The van der Waals surface area contributed by atoms with Crippen LogP contribution in [0, 0.1) is 0 Å². The molecule has 0 N–H and O–H groups in total. The normalized spacial score (nSPS) is 11.8. The number of hydrogen-bond acceptors (Lipinski definition) is 0. The highest BCUT2D eigenvalue weighted by molar-refractivity contribution is 6.16. The predicted octanol–water partition coefficient (Wildman–Crippen LogP) is 18.8. The summed E-state index contributed by atoms with van der Waals surface area (Å²) in [5, 5.41) is 9.80. The molecule has 0 saturated heterocycles. The van der Waals surface area contributed by atoms with E-state index in [2.05, 4.69) is 287 Å². The first-order valence-electron chi connectivity index (χ1n) is 25.2. The van der Waals surface area contributed by atoms with E-state index in [0.717, 1.165) is 11.4 Å². The second-order valence-electron chi connectivity index (χ2n) is 19.3. The van der Waals surface area contributed by atoms with E-state index in [1.165, 1.54) is 126 Å². The van der Waals surface area contributed by atoms with Gasteiger partial charge < -0.3 is 13.7 Å². The summed E-state index contributed by atoms with van der Waals surface area (Å²) in [6, 6.07) is 100. The first-order chi connectivity index (χ1) is 36.2. The minimum Gasteiger partial charge on any atom is -0.309 e. The van der Waals surface area contributed by atoms with Gasteiger partial charge in [-0.1, -0.05) is 176 Å². The smallest absolute Gasteiger partial charge is 0.0542 e. The number of hydrogen-bond donors (Lipinski definition) is 0. The molecule has 3 heterocycles. The van der Waals surface area contributed by atoms with Gasteiger partial charge in [-0.3, -0.25) is 0 Å². The van der Waals surface area contributed by atoms with Crippen molar-refractivity contribution in [2.45, 2.75) is 0 Å². The molecule has 3 nitrogen and oxygen atoms in total. The summed E-state index contributed by atoms with van der Waals surface area (Å²) in [5.41, 5.74) is 20.1. The molecule has 15 aromatic rings. The highest BCUT2D eigenvalue weighted by Crippen LogP contribution is 2.43. The lowest BCUT2D eigenvalue weighted by Gasteiger charge is -2.12. The van der Waals surface area contributed by atoms with Crippen LogP contribution in [0.5, 0.6) is 0 Å². The standard InChI is InChI=1S/C70H45N3/c1-5-16-46(17-6-1)50-29-35-66-58(40-50)59-43-53(54-32-38-70-61(44-54)60-41-52(48-20-9-3-10-21-48)30-37-69(60)73(70)64-27-15-23-49-22-13-14-26-57(49)64)31-36-67(59)72(66)56-33-39-68-63(45-56)62-42-51(47-18-7-2-8-19-47)28-34-65(62)71(68)55-24-11-4-12-25-55/h1-45H. The fraction of sp³-hybridized carbons (Fsp3) is 0. The van der Waals surface area contributed by atoms with Crippen LogP contribution in [0.2, 0.25) is 0 Å². The second kappa shape index (κ2) is 16.4. The van der Waals surface area contributed by atoms with Crippen LogP contribution in [0.4, 0.5) is 0 Å². The molecule has 73 heavy (non-hydrogen) atoms. The monoisotopic (exact) mass is 927 g/mol. The lowest BCUT2D eigenvalue weighted by Crippen LogP contribution is -1.96. The van der Waals surface area contributed by atoms with Crippen molar-refractivity contribution in [1.82, 2.24) is 13.7 Å². The van der Waals surface area contributed by atoms with Gasteiger partial charge in [0.15, 0.2) is 0 Å². The third-order valence-corrected chi connectivity index (χ3v) is 15.2. The van der Waals surface area contributed by atoms with Gasteiger partial charge in [0.2, 0.25) is 0 Å². The fourth-order valence-corrected chi connectivity index (χ4v) is 11.8. The molecule has 0 aliphatic carbocycles. The van der Waals surface area contributed by atoms with Crippen LogP contribution >= 0.6 is 0 Å². The number of para-hydroxylation sites is 1. The summed E-state index contributed by atoms with van der Waals surface area (Å²) >= 11 is 0. The molecule has 0 amide bonds. The Morgan fingerprint density at radius 3 is 0.959 bits per heavy atom. The summed E-state index contributed by atoms with van der Waals surface area (Å²) < 4.78 is 7.35. The van der Waals surface area contributed by atoms with E-state index in [1.54, 1.807) is 0 Å². The number of rotatable bonds is 7. The average molecular weight is 928 g/mol. The van der Waals surface area contributed by atoms with Crippen LogP contribution in [0.3, 0.4) is 0 Å². The number of aromatic nitrogens is 3. The van der Waals surface area contributed by atoms with E-state index in [4.69, 9.17) is 0 Å². The molecule has 0 aliphatic heterocycles. The maximum absolute atomic E-state index is 2.47. The number of fused-ring (bicyclic) bond motifs is 10. The molecule has 0 spiro atoms. The Morgan fingerprint density at radius 2 is 0.507 bits per heavy atom. The molecular weight excluding hydrogens is 883 g/mol. The number of nitrogens with zero attached hydrogens (tertiary/aromatic N) is 3. The van der Waals surface area contributed by atoms with Gasteiger partial charge in [-0.2, -0.15) is 0 Å². The van der Waals surface area contributed by atoms with Gasteiger partial charge in [-0.15, -0.1) is 0 Å². The minimum atomic E-state index is 1.13. The topological polar surface area (TPSA) is 14.8 Å². The summed E-state index contributed by atoms with van der Waals surface area (Å²) in [7, 11) is 0. The average Bonchev–Trinajstić information content (AvgIpc) is 4.10. The Morgan fingerprint density at radius 1 is 0.178 bits per heavy atom. The van der Waals surface area contributed by atoms with E-state index in [0.29, 0.717) is 0 Å². The molecule has 12 aromatic carbocycles. The summed E-state index contributed by atoms with van der Waals surface area (Å²) in [5.74, 6) is 0. The molecule has 15 rings (SSSR count). The van der Waals surface area contributed by atoms with Crippen LogP contribution in [0.15, 0.2) is 273 Å². The third kappa shape index (κ3) is 6.60. The summed E-state index contributed by atoms with van der Waals surface area (Å²) in [6.45, 7) is 0. The Kier molecular flexibility index (Phi) is 9.26. The molecule has 0 aliphatic rings. The Labute approximate surface area is 422 Å². The van der Waals surface area contributed by atoms with Gasteiger partial charge in [-0.25, -0.2) is 0 Å². The van der Waals surface area contributed by atoms with Crippen molar-refractivity contribution in [2.75, 3.05) is 0 Å². The zero-order chi connectivity index (χ0) is 48.0. The quantitative estimate of drug-likeness (QED) is 0.151. The minimum absolute atomic E-state index is 1.13. The Balaban J connectivity index is 0.950. The molecule has 0 fully saturated rings. The van der Waals surface area contributed by atoms with E-state index >= 15 is 0 Å². The van der Waals surface area contributed by atoms with E-state index in [9.17, 15) is 0 Å². The van der Waals surface area contributed by atoms with Crippen LogP contribution in [0.25, 0.3) is 138 Å². The molecule has 0 atom stereocenters. The number of benzene rings is 12. The Hall–Kier alpha value is -9.70. The largest absolute Gasteiger partial charge is 0.309 e. The van der Waals surface area contributed by atoms with Crippen LogP contribution in [-0.4, -0.2) is 13.7 Å². The molecule has 0 bridgehead atoms. The molecular formula is C70H45N3. The highest BCUT2D eigenvalue weighted by atomic mass is 15.0. The molecule has 3 heteroatoms. The predicted molar refractivity (Wildman–Crippen MR) is 309 cm³/mol. The van der Waals surface area contributed by atoms with Crippen molar-refractivity contribution < 1.29 is 0 Å². The third-order valence-electron chi connectivity index (χ3n) is 15.2. The zero-order valence-electron chi connectivity index (χ0n) is 39.8. The van der Waals surface area contributed by atoms with E-state index in [1.807, 2.05) is 0 Å². The second-order valence-corrected chi connectivity index (χ2v) is 19.3. The zero-order valence-corrected chi connectivity index (χ0v) is 39.8. The lowest BCUT2D eigenvalue weighted by molar-refractivity contribution is 1.17. The molecule has 340 valence electrons. The van der Waals surface area contributed by atoms with Gasteiger partial charge >= 0.3 is 0 Å². The molecule has 3 aromatic heterocycles. The van der Waals surface area contributed by atoms with Gasteiger partial charge in [0.25, 0.3) is 0 Å². The maximum atomic E-state index is 2.47. The van der Waals surface area contributed by atoms with Gasteiger partial charge in [0.1, 0.15) is 0 Å². The van der Waals surface area contributed by atoms with Crippen LogP contribution in [-0.2, 0) is 0 Å². The van der Waals surface area contributed by atoms with Crippen molar-refractivity contribution >= 4 is 76.2 Å². The first-order valence-corrected chi connectivity index (χ1v) is 25.2. The van der Waals surface area contributed by atoms with Gasteiger partial charge in [-0.05, 0) is 147 Å². The van der Waals surface area contributed by atoms with E-state index < -0.39 is 0 Å². The molecule has 0 unspecified atom stereocenters. The SMILES string of the molecule is c1ccc(-c2ccc3c(c2)c2cc(-c4ccc5c(c4)c4cc(-c6ccccc6)ccc4n5-c4cccc5ccccc45)ccc2n3-c2ccc3c(c2)c2cc(-c4ccccc4)ccc2n3-c2ccccc2)cc1. The van der Waals surface area contributed by atoms with Crippen LogP contribution < -0.4 is 0 Å². The summed E-state index contributed by atoms with van der Waals surface area (Å²) in [4.78, 5) is 0. The van der Waals surface area contributed by atoms with Gasteiger partial charge in [0.05, 0.1) is 38.8 Å². The molecule has 0 radical (unpaired) electrons. The first kappa shape index (κ1) is 41.1. The van der Waals surface area contributed by atoms with Crippen molar-refractivity contribution in [3.63, 3.8) is 0 Å². The lowest BCUT2D eigenvalue weighted by atomic mass is 9.98. The maximum Gasteiger partial charge on any atom is 0.0542 e. The van der Waals surface area contributed by atoms with Crippen molar-refractivity contribution in [3.05, 3.63) is 273 Å². The van der Waals surface area contributed by atoms with Crippen molar-refractivity contribution in [3.8, 4) is 61.6 Å². The fourth-order valence-electron chi connectivity index (χ4n) is 11.8.